The zero-order chi connectivity index (χ0) is 25.2. The molecule has 2 N–H and O–H groups in total. The quantitative estimate of drug-likeness (QED) is 0.407. The van der Waals surface area contributed by atoms with E-state index in [1.807, 2.05) is 18.2 Å². The molecule has 36 heavy (non-hydrogen) atoms. The van der Waals surface area contributed by atoms with Crippen molar-refractivity contribution >= 4 is 40.5 Å². The summed E-state index contributed by atoms with van der Waals surface area (Å²) in [5, 5.41) is 12.5. The van der Waals surface area contributed by atoms with E-state index >= 15 is 0 Å². The number of aliphatic hydroxyl groups excluding tert-OH is 1. The number of carbonyl (C=O) groups is 1. The molecule has 0 radical (unpaired) electrons. The van der Waals surface area contributed by atoms with Crippen molar-refractivity contribution in [3.8, 4) is 17.1 Å². The van der Waals surface area contributed by atoms with Gasteiger partial charge in [0.05, 0.1) is 35.9 Å². The number of nitrogens with one attached hydrogen (secondary N) is 1. The van der Waals surface area contributed by atoms with E-state index in [2.05, 4.69) is 25.2 Å². The summed E-state index contributed by atoms with van der Waals surface area (Å²) >= 11 is 6.38. The van der Waals surface area contributed by atoms with Gasteiger partial charge in [0.1, 0.15) is 29.5 Å². The van der Waals surface area contributed by atoms with Gasteiger partial charge >= 0.3 is 0 Å². The van der Waals surface area contributed by atoms with Crippen LogP contribution in [0.25, 0.3) is 17.0 Å². The van der Waals surface area contributed by atoms with E-state index in [1.165, 1.54) is 18.5 Å². The standard InChI is InChI=1S/C24H23ClFN7O3/c1-36-20-10-16(31-6-8-32(9-7-31)22(35)14-34)3-4-18(20)29-24-28-11-17(25)23(30-24)19-12-27-21-5-2-15(26)13-33(19)21/h2-5,10-13,34H,6-9,14H2,1H3,(H,28,29,30). The first-order valence-corrected chi connectivity index (χ1v) is 11.6. The fraction of sp³-hybridized carbons (Fsp3) is 0.250. The summed E-state index contributed by atoms with van der Waals surface area (Å²) in [5.74, 6) is 0.195. The van der Waals surface area contributed by atoms with Crippen molar-refractivity contribution in [3.63, 3.8) is 0 Å². The predicted octanol–water partition coefficient (Wildman–Crippen LogP) is 2.98. The highest BCUT2D eigenvalue weighted by molar-refractivity contribution is 6.32. The van der Waals surface area contributed by atoms with Gasteiger partial charge < -0.3 is 25.0 Å². The minimum Gasteiger partial charge on any atom is -0.494 e. The Morgan fingerprint density at radius 3 is 2.72 bits per heavy atom. The van der Waals surface area contributed by atoms with E-state index in [1.54, 1.807) is 28.7 Å². The molecule has 10 nitrogen and oxygen atoms in total. The molecule has 0 aliphatic carbocycles. The average molecular weight is 512 g/mol. The molecule has 4 aromatic rings. The van der Waals surface area contributed by atoms with Gasteiger partial charge in [-0.25, -0.2) is 19.3 Å². The number of hydrogen-bond donors (Lipinski definition) is 2. The third-order valence-corrected chi connectivity index (χ3v) is 6.30. The Bertz CT molecular complexity index is 1420. The molecule has 1 saturated heterocycles. The smallest absolute Gasteiger partial charge is 0.248 e. The van der Waals surface area contributed by atoms with Gasteiger partial charge in [0.25, 0.3) is 0 Å². The van der Waals surface area contributed by atoms with Crippen LogP contribution < -0.4 is 15.0 Å². The topological polar surface area (TPSA) is 108 Å². The Morgan fingerprint density at radius 1 is 1.17 bits per heavy atom. The summed E-state index contributed by atoms with van der Waals surface area (Å²) in [7, 11) is 1.57. The van der Waals surface area contributed by atoms with E-state index in [4.69, 9.17) is 21.4 Å². The molecule has 4 heterocycles. The number of halogens is 2. The highest BCUT2D eigenvalue weighted by Crippen LogP contribution is 2.33. The molecule has 0 saturated carbocycles. The lowest BCUT2D eigenvalue weighted by Gasteiger charge is -2.36. The maximum Gasteiger partial charge on any atom is 0.248 e. The second kappa shape index (κ2) is 9.96. The van der Waals surface area contributed by atoms with Gasteiger partial charge in [-0.05, 0) is 24.3 Å². The number of piperazine rings is 1. The Kier molecular flexibility index (Phi) is 6.57. The van der Waals surface area contributed by atoms with Crippen molar-refractivity contribution in [1.29, 1.82) is 0 Å². The number of imidazole rings is 1. The monoisotopic (exact) mass is 511 g/mol. The fourth-order valence-corrected chi connectivity index (χ4v) is 4.34. The first-order chi connectivity index (χ1) is 17.5. The van der Waals surface area contributed by atoms with Crippen molar-refractivity contribution in [2.75, 3.05) is 50.1 Å². The van der Waals surface area contributed by atoms with Crippen LogP contribution in [0.1, 0.15) is 0 Å². The van der Waals surface area contributed by atoms with Crippen LogP contribution in [0, 0.1) is 5.82 Å². The van der Waals surface area contributed by atoms with Gasteiger partial charge in [-0.2, -0.15) is 0 Å². The lowest BCUT2D eigenvalue weighted by atomic mass is 10.2. The number of aliphatic hydroxyl groups is 1. The molecule has 1 fully saturated rings. The Labute approximate surface area is 210 Å². The van der Waals surface area contributed by atoms with Crippen LogP contribution in [0.4, 0.5) is 21.7 Å². The van der Waals surface area contributed by atoms with Gasteiger partial charge in [-0.3, -0.25) is 9.20 Å². The molecule has 1 aliphatic rings. The van der Waals surface area contributed by atoms with Crippen LogP contribution in [0.15, 0.2) is 48.9 Å². The second-order valence-corrected chi connectivity index (χ2v) is 8.55. The first kappa shape index (κ1) is 23.8. The molecule has 5 rings (SSSR count). The third kappa shape index (κ3) is 4.62. The molecule has 0 unspecified atom stereocenters. The van der Waals surface area contributed by atoms with Crippen molar-refractivity contribution in [1.82, 2.24) is 24.3 Å². The summed E-state index contributed by atoms with van der Waals surface area (Å²) in [5.41, 5.74) is 3.08. The van der Waals surface area contributed by atoms with Gasteiger partial charge in [-0.15, -0.1) is 0 Å². The van der Waals surface area contributed by atoms with Crippen molar-refractivity contribution in [2.45, 2.75) is 0 Å². The number of methoxy groups -OCH3 is 1. The van der Waals surface area contributed by atoms with E-state index in [9.17, 15) is 9.18 Å². The second-order valence-electron chi connectivity index (χ2n) is 8.14. The summed E-state index contributed by atoms with van der Waals surface area (Å²) in [6.07, 6.45) is 4.37. The van der Waals surface area contributed by atoms with Gasteiger partial charge in [0.2, 0.25) is 11.9 Å². The zero-order valence-corrected chi connectivity index (χ0v) is 20.1. The van der Waals surface area contributed by atoms with Gasteiger partial charge in [0.15, 0.2) is 0 Å². The summed E-state index contributed by atoms with van der Waals surface area (Å²) < 4.78 is 21.0. The lowest BCUT2D eigenvalue weighted by Crippen LogP contribution is -2.49. The van der Waals surface area contributed by atoms with Crippen LogP contribution in [-0.4, -0.2) is 75.2 Å². The highest BCUT2D eigenvalue weighted by atomic mass is 35.5. The largest absolute Gasteiger partial charge is 0.494 e. The van der Waals surface area contributed by atoms with Gasteiger partial charge in [-0.1, -0.05) is 11.6 Å². The van der Waals surface area contributed by atoms with Crippen LogP contribution in [-0.2, 0) is 4.79 Å². The maximum absolute atomic E-state index is 13.8. The molecule has 0 bridgehead atoms. The van der Waals surface area contributed by atoms with Crippen LogP contribution in [0.3, 0.4) is 0 Å². The van der Waals surface area contributed by atoms with E-state index in [0.717, 1.165) is 5.69 Å². The van der Waals surface area contributed by atoms with E-state index < -0.39 is 12.4 Å². The van der Waals surface area contributed by atoms with Crippen LogP contribution >= 0.6 is 11.6 Å². The minimum atomic E-state index is -0.475. The number of fused-ring (bicyclic) bond motifs is 1. The molecule has 1 amide bonds. The first-order valence-electron chi connectivity index (χ1n) is 11.2. The summed E-state index contributed by atoms with van der Waals surface area (Å²) in [4.78, 5) is 28.6. The molecular formula is C24H23ClFN7O3. The third-order valence-electron chi connectivity index (χ3n) is 6.02. The minimum absolute atomic E-state index is 0.261. The number of nitrogens with zero attached hydrogens (tertiary/aromatic N) is 6. The number of carbonyl (C=O) groups excluding carboxylic acids is 1. The Morgan fingerprint density at radius 2 is 1.97 bits per heavy atom. The number of aromatic nitrogens is 4. The zero-order valence-electron chi connectivity index (χ0n) is 19.4. The maximum atomic E-state index is 13.8. The molecule has 3 aromatic heterocycles. The normalized spacial score (nSPS) is 13.8. The van der Waals surface area contributed by atoms with E-state index in [-0.39, 0.29) is 11.9 Å². The molecule has 0 atom stereocenters. The molecular weight excluding hydrogens is 489 g/mol. The van der Waals surface area contributed by atoms with Crippen molar-refractivity contribution in [3.05, 3.63) is 59.8 Å². The number of pyridine rings is 1. The Hall–Kier alpha value is -3.96. The summed E-state index contributed by atoms with van der Waals surface area (Å²) in [6.45, 7) is 1.89. The molecule has 0 spiro atoms. The molecule has 186 valence electrons. The number of ether oxygens (including phenoxy) is 1. The Balaban J connectivity index is 1.38. The van der Waals surface area contributed by atoms with E-state index in [0.29, 0.717) is 59.7 Å². The molecule has 12 heteroatoms. The fourth-order valence-electron chi connectivity index (χ4n) is 4.15. The average Bonchev–Trinajstić information content (AvgIpc) is 3.32. The van der Waals surface area contributed by atoms with Crippen molar-refractivity contribution in [2.24, 2.45) is 0 Å². The number of benzene rings is 1. The predicted molar refractivity (Wildman–Crippen MR) is 133 cm³/mol. The van der Waals surface area contributed by atoms with Crippen molar-refractivity contribution < 1.29 is 19.0 Å². The number of anilines is 3. The number of rotatable bonds is 6. The van der Waals surface area contributed by atoms with Gasteiger partial charge in [0, 0.05) is 44.1 Å². The highest BCUT2D eigenvalue weighted by Gasteiger charge is 2.21. The van der Waals surface area contributed by atoms with Crippen LogP contribution in [0.5, 0.6) is 5.75 Å². The molecule has 1 aliphatic heterocycles. The molecule has 1 aromatic carbocycles. The number of hydrogen-bond acceptors (Lipinski definition) is 8. The number of amides is 1. The summed E-state index contributed by atoms with van der Waals surface area (Å²) in [6, 6.07) is 8.62. The van der Waals surface area contributed by atoms with Crippen LogP contribution in [0.2, 0.25) is 5.02 Å². The lowest BCUT2D eigenvalue weighted by molar-refractivity contribution is -0.134. The SMILES string of the molecule is COc1cc(N2CCN(C(=O)CO)CC2)ccc1Nc1ncc(Cl)c(-c2cnc3ccc(F)cn23)n1.